The van der Waals surface area contributed by atoms with Gasteiger partial charge in [-0.25, -0.2) is 9.97 Å². The van der Waals surface area contributed by atoms with Crippen LogP contribution in [0.2, 0.25) is 0 Å². The van der Waals surface area contributed by atoms with Gasteiger partial charge in [0.05, 0.1) is 18.7 Å². The molecule has 10 heteroatoms. The van der Waals surface area contributed by atoms with Gasteiger partial charge in [0, 0.05) is 18.2 Å². The lowest BCUT2D eigenvalue weighted by Crippen LogP contribution is -2.24. The molecule has 0 aliphatic heterocycles. The van der Waals surface area contributed by atoms with E-state index in [0.29, 0.717) is 29.6 Å². The highest BCUT2D eigenvalue weighted by atomic mass is 16.5. The van der Waals surface area contributed by atoms with Crippen molar-refractivity contribution < 1.29 is 9.32 Å². The fourth-order valence-corrected chi connectivity index (χ4v) is 2.35. The molecule has 1 amide bonds. The maximum atomic E-state index is 12.2. The number of pyridine rings is 1. The van der Waals surface area contributed by atoms with E-state index in [-0.39, 0.29) is 24.4 Å². The summed E-state index contributed by atoms with van der Waals surface area (Å²) in [6.45, 7) is 6.80. The molecule has 2 N–H and O–H groups in total. The average Bonchev–Trinajstić information content (AvgIpc) is 3.32. The van der Waals surface area contributed by atoms with Gasteiger partial charge in [-0.15, -0.1) is 0 Å². The smallest absolute Gasteiger partial charge is 0.253 e. The van der Waals surface area contributed by atoms with Gasteiger partial charge in [-0.3, -0.25) is 9.48 Å². The largest absolute Gasteiger partial charge is 0.366 e. The second-order valence-corrected chi connectivity index (χ2v) is 6.48. The fraction of sp³-hybridized carbons (Fsp3) is 0.412. The topological polar surface area (TPSA) is 124 Å². The molecule has 0 saturated carbocycles. The Bertz CT molecular complexity index is 857. The number of rotatable bonds is 8. The average molecular weight is 370 g/mol. The summed E-state index contributed by atoms with van der Waals surface area (Å²) < 4.78 is 6.85. The zero-order chi connectivity index (χ0) is 19.2. The van der Waals surface area contributed by atoms with Gasteiger partial charge in [-0.1, -0.05) is 19.0 Å². The molecule has 27 heavy (non-hydrogen) atoms. The van der Waals surface area contributed by atoms with Crippen LogP contribution in [0.4, 0.5) is 5.82 Å². The molecule has 10 nitrogen and oxygen atoms in total. The molecule has 0 fully saturated rings. The van der Waals surface area contributed by atoms with E-state index in [0.717, 1.165) is 0 Å². The van der Waals surface area contributed by atoms with E-state index < -0.39 is 0 Å². The Kier molecular flexibility index (Phi) is 5.74. The molecule has 0 bridgehead atoms. The van der Waals surface area contributed by atoms with Crippen LogP contribution in [-0.4, -0.2) is 41.8 Å². The van der Waals surface area contributed by atoms with Crippen molar-refractivity contribution in [3.05, 3.63) is 48.3 Å². The van der Waals surface area contributed by atoms with Crippen LogP contribution in [0.1, 0.15) is 48.8 Å². The summed E-state index contributed by atoms with van der Waals surface area (Å²) in [5.41, 5.74) is 0.456. The van der Waals surface area contributed by atoms with E-state index >= 15 is 0 Å². The molecule has 3 aromatic rings. The number of aromatic nitrogens is 6. The van der Waals surface area contributed by atoms with E-state index in [2.05, 4.69) is 35.8 Å². The van der Waals surface area contributed by atoms with E-state index in [9.17, 15) is 4.79 Å². The molecule has 0 saturated heterocycles. The first-order chi connectivity index (χ1) is 13.0. The predicted octanol–water partition coefficient (Wildman–Crippen LogP) is 1.61. The van der Waals surface area contributed by atoms with Gasteiger partial charge in [0.25, 0.3) is 5.91 Å². The predicted molar refractivity (Wildman–Crippen MR) is 96.9 cm³/mol. The van der Waals surface area contributed by atoms with Crippen LogP contribution in [-0.2, 0) is 13.1 Å². The molecular formula is C17H22N8O2. The van der Waals surface area contributed by atoms with E-state index in [1.165, 1.54) is 12.5 Å². The molecule has 3 aromatic heterocycles. The van der Waals surface area contributed by atoms with E-state index in [1.54, 1.807) is 23.1 Å². The Labute approximate surface area is 156 Å². The van der Waals surface area contributed by atoms with Crippen molar-refractivity contribution in [3.63, 3.8) is 0 Å². The first-order valence-corrected chi connectivity index (χ1v) is 8.67. The Morgan fingerprint density at radius 2 is 2.15 bits per heavy atom. The molecule has 0 unspecified atom stereocenters. The van der Waals surface area contributed by atoms with Crippen molar-refractivity contribution in [3.8, 4) is 0 Å². The van der Waals surface area contributed by atoms with Gasteiger partial charge >= 0.3 is 0 Å². The molecule has 0 aliphatic rings. The molecule has 0 aromatic carbocycles. The first kappa shape index (κ1) is 18.5. The Morgan fingerprint density at radius 3 is 2.78 bits per heavy atom. The van der Waals surface area contributed by atoms with Crippen molar-refractivity contribution in [2.75, 3.05) is 5.32 Å². The second kappa shape index (κ2) is 8.39. The molecular weight excluding hydrogens is 348 g/mol. The number of carbonyl (C=O) groups is 1. The normalized spacial score (nSPS) is 12.1. The van der Waals surface area contributed by atoms with Gasteiger partial charge in [0.2, 0.25) is 5.89 Å². The zero-order valence-corrected chi connectivity index (χ0v) is 15.5. The molecule has 0 spiro atoms. The molecule has 3 rings (SSSR count). The van der Waals surface area contributed by atoms with Crippen molar-refractivity contribution >= 4 is 11.7 Å². The molecule has 0 aliphatic carbocycles. The fourth-order valence-electron chi connectivity index (χ4n) is 2.35. The van der Waals surface area contributed by atoms with Gasteiger partial charge in [0.1, 0.15) is 18.5 Å². The highest BCUT2D eigenvalue weighted by Crippen LogP contribution is 2.11. The van der Waals surface area contributed by atoms with Crippen LogP contribution in [0.3, 0.4) is 0 Å². The summed E-state index contributed by atoms with van der Waals surface area (Å²) in [6, 6.07) is 3.58. The quantitative estimate of drug-likeness (QED) is 0.613. The SMILES string of the molecule is CC(C)c1nc(CNC(=O)c2ccc(N[C@H](C)Cn3cncn3)nc2)no1. The van der Waals surface area contributed by atoms with E-state index in [4.69, 9.17) is 4.52 Å². The van der Waals surface area contributed by atoms with Gasteiger partial charge < -0.3 is 15.2 Å². The van der Waals surface area contributed by atoms with Crippen LogP contribution >= 0.6 is 0 Å². The number of amides is 1. The molecule has 3 heterocycles. The zero-order valence-electron chi connectivity index (χ0n) is 15.5. The number of hydrogen-bond donors (Lipinski definition) is 2. The first-order valence-electron chi connectivity index (χ1n) is 8.67. The summed E-state index contributed by atoms with van der Waals surface area (Å²) in [6.07, 6.45) is 4.68. The molecule has 142 valence electrons. The number of anilines is 1. The standard InChI is InChI=1S/C17H22N8O2/c1-11(2)17-23-15(24-27-17)7-20-16(26)13-4-5-14(19-6-13)22-12(3)8-25-10-18-9-21-25/h4-6,9-12H,7-8H2,1-3H3,(H,19,22)(H,20,26)/t12-/m1/s1. The van der Waals surface area contributed by atoms with Crippen LogP contribution in [0.15, 0.2) is 35.5 Å². The number of nitrogens with zero attached hydrogens (tertiary/aromatic N) is 6. The Morgan fingerprint density at radius 1 is 1.30 bits per heavy atom. The second-order valence-electron chi connectivity index (χ2n) is 6.48. The molecule has 0 radical (unpaired) electrons. The third kappa shape index (κ3) is 5.09. The van der Waals surface area contributed by atoms with Crippen LogP contribution in [0.5, 0.6) is 0 Å². The Balaban J connectivity index is 1.50. The number of hydrogen-bond acceptors (Lipinski definition) is 8. The maximum Gasteiger partial charge on any atom is 0.253 e. The van der Waals surface area contributed by atoms with Gasteiger partial charge in [0.15, 0.2) is 5.82 Å². The summed E-state index contributed by atoms with van der Waals surface area (Å²) in [4.78, 5) is 24.6. The monoisotopic (exact) mass is 370 g/mol. The van der Waals surface area contributed by atoms with Crippen molar-refractivity contribution in [2.24, 2.45) is 0 Å². The highest BCUT2D eigenvalue weighted by molar-refractivity contribution is 5.93. The van der Waals surface area contributed by atoms with Crippen molar-refractivity contribution in [1.29, 1.82) is 0 Å². The van der Waals surface area contributed by atoms with Crippen LogP contribution < -0.4 is 10.6 Å². The van der Waals surface area contributed by atoms with Crippen LogP contribution in [0, 0.1) is 0 Å². The summed E-state index contributed by atoms with van der Waals surface area (Å²) in [5, 5.41) is 13.9. The lowest BCUT2D eigenvalue weighted by Gasteiger charge is -2.14. The lowest BCUT2D eigenvalue weighted by molar-refractivity contribution is 0.0949. The lowest BCUT2D eigenvalue weighted by atomic mass is 10.2. The Hall–Kier alpha value is -3.30. The minimum absolute atomic E-state index is 0.104. The molecule has 1 atom stereocenters. The van der Waals surface area contributed by atoms with Crippen LogP contribution in [0.25, 0.3) is 0 Å². The summed E-state index contributed by atoms with van der Waals surface area (Å²) >= 11 is 0. The third-order valence-corrected chi connectivity index (χ3v) is 3.73. The van der Waals surface area contributed by atoms with Gasteiger partial charge in [-0.05, 0) is 19.1 Å². The van der Waals surface area contributed by atoms with Crippen molar-refractivity contribution in [1.82, 2.24) is 35.2 Å². The minimum Gasteiger partial charge on any atom is -0.366 e. The minimum atomic E-state index is -0.249. The van der Waals surface area contributed by atoms with Gasteiger partial charge in [-0.2, -0.15) is 10.1 Å². The highest BCUT2D eigenvalue weighted by Gasteiger charge is 2.12. The van der Waals surface area contributed by atoms with E-state index in [1.807, 2.05) is 20.8 Å². The number of carbonyl (C=O) groups excluding carboxylic acids is 1. The third-order valence-electron chi connectivity index (χ3n) is 3.73. The maximum absolute atomic E-state index is 12.2. The van der Waals surface area contributed by atoms with Crippen molar-refractivity contribution in [2.45, 2.75) is 45.8 Å². The summed E-state index contributed by atoms with van der Waals surface area (Å²) in [5.74, 6) is 1.58. The summed E-state index contributed by atoms with van der Waals surface area (Å²) in [7, 11) is 0. The number of nitrogens with one attached hydrogen (secondary N) is 2.